The Morgan fingerprint density at radius 2 is 0.592 bits per heavy atom. The molecule has 6 nitrogen and oxygen atoms in total. The molecule has 0 heterocycles. The van der Waals surface area contributed by atoms with Gasteiger partial charge in [0, 0.05) is 19.3 Å². The Labute approximate surface area is 438 Å². The molecule has 0 aromatic carbocycles. The highest BCUT2D eigenvalue weighted by Crippen LogP contribution is 2.13. The standard InChI is InChI=1S/C65H108O6/c1-4-7-10-13-16-19-22-25-28-31-33-35-37-40-43-46-49-52-55-58-64(67)70-61-62(60-69-63(66)57-54-51-48-45-42-39-36-30-27-24-21-18-15-12-9-6-3)71-65(68)59-56-53-50-47-44-41-38-34-32-29-26-23-20-17-14-11-8-5-2/h7,10,16,19,25,28-30,32-36,38-40,42-43,62H,4-6,8-9,11-15,17-18,20-24,26-27,31,37,41,44-61H2,1-3H3/b10-7-,19-16-,28-25-,32-29-,35-33-,36-30-,38-34-,42-39-,43-40-. The molecular weight excluding hydrogens is 877 g/mol. The summed E-state index contributed by atoms with van der Waals surface area (Å²) < 4.78 is 16.8. The maximum absolute atomic E-state index is 12.9. The predicted molar refractivity (Wildman–Crippen MR) is 307 cm³/mol. The summed E-state index contributed by atoms with van der Waals surface area (Å²) >= 11 is 0. The Kier molecular flexibility index (Phi) is 55.4. The molecule has 0 saturated carbocycles. The Hall–Kier alpha value is -3.93. The van der Waals surface area contributed by atoms with Crippen LogP contribution in [0.3, 0.4) is 0 Å². The fourth-order valence-electron chi connectivity index (χ4n) is 7.86. The van der Waals surface area contributed by atoms with Crippen molar-refractivity contribution in [2.45, 2.75) is 271 Å². The van der Waals surface area contributed by atoms with E-state index in [9.17, 15) is 14.4 Å². The van der Waals surface area contributed by atoms with Crippen LogP contribution >= 0.6 is 0 Å². The molecule has 0 radical (unpaired) electrons. The summed E-state index contributed by atoms with van der Waals surface area (Å²) in [4.78, 5) is 38.2. The molecule has 0 rings (SSSR count). The third-order valence-electron chi connectivity index (χ3n) is 12.3. The van der Waals surface area contributed by atoms with Gasteiger partial charge >= 0.3 is 17.9 Å². The smallest absolute Gasteiger partial charge is 0.306 e. The number of ether oxygens (including phenoxy) is 3. The first-order valence-electron chi connectivity index (χ1n) is 29.4. The molecule has 6 heteroatoms. The van der Waals surface area contributed by atoms with Gasteiger partial charge in [0.05, 0.1) is 0 Å². The Balaban J connectivity index is 4.53. The highest BCUT2D eigenvalue weighted by molar-refractivity contribution is 5.71. The number of unbranched alkanes of at least 4 members (excludes halogenated alkanes) is 25. The van der Waals surface area contributed by atoms with E-state index in [1.807, 2.05) is 0 Å². The van der Waals surface area contributed by atoms with Gasteiger partial charge < -0.3 is 14.2 Å². The van der Waals surface area contributed by atoms with Crippen LogP contribution in [0.4, 0.5) is 0 Å². The first kappa shape index (κ1) is 67.1. The normalized spacial score (nSPS) is 12.9. The molecule has 404 valence electrons. The second-order valence-electron chi connectivity index (χ2n) is 19.2. The van der Waals surface area contributed by atoms with Crippen molar-refractivity contribution >= 4 is 17.9 Å². The van der Waals surface area contributed by atoms with E-state index in [1.54, 1.807) is 0 Å². The lowest BCUT2D eigenvalue weighted by Gasteiger charge is -2.18. The summed E-state index contributed by atoms with van der Waals surface area (Å²) in [6, 6.07) is 0. The van der Waals surface area contributed by atoms with E-state index < -0.39 is 6.10 Å². The van der Waals surface area contributed by atoms with Gasteiger partial charge in [0.25, 0.3) is 0 Å². The number of carbonyl (C=O) groups excluding carboxylic acids is 3. The van der Waals surface area contributed by atoms with Crippen LogP contribution in [-0.4, -0.2) is 37.2 Å². The lowest BCUT2D eigenvalue weighted by molar-refractivity contribution is -0.167. The topological polar surface area (TPSA) is 78.9 Å². The van der Waals surface area contributed by atoms with Crippen LogP contribution in [0.25, 0.3) is 0 Å². The van der Waals surface area contributed by atoms with Crippen molar-refractivity contribution in [1.29, 1.82) is 0 Å². The molecule has 0 aliphatic rings. The average molecular weight is 986 g/mol. The summed E-state index contributed by atoms with van der Waals surface area (Å²) in [7, 11) is 0. The van der Waals surface area contributed by atoms with Crippen molar-refractivity contribution in [3.63, 3.8) is 0 Å². The Morgan fingerprint density at radius 1 is 0.310 bits per heavy atom. The van der Waals surface area contributed by atoms with E-state index in [0.29, 0.717) is 19.3 Å². The highest BCUT2D eigenvalue weighted by Gasteiger charge is 2.19. The highest BCUT2D eigenvalue weighted by atomic mass is 16.6. The van der Waals surface area contributed by atoms with Crippen LogP contribution in [0.5, 0.6) is 0 Å². The molecule has 0 fully saturated rings. The van der Waals surface area contributed by atoms with Crippen molar-refractivity contribution in [2.24, 2.45) is 0 Å². The number of hydrogen-bond donors (Lipinski definition) is 0. The molecule has 0 N–H and O–H groups in total. The molecule has 0 aliphatic heterocycles. The summed E-state index contributed by atoms with van der Waals surface area (Å²) in [5.74, 6) is -0.980. The lowest BCUT2D eigenvalue weighted by Crippen LogP contribution is -2.30. The van der Waals surface area contributed by atoms with Crippen LogP contribution in [0, 0.1) is 0 Å². The number of rotatable bonds is 52. The van der Waals surface area contributed by atoms with E-state index >= 15 is 0 Å². The molecule has 1 atom stereocenters. The van der Waals surface area contributed by atoms with E-state index in [4.69, 9.17) is 14.2 Å². The summed E-state index contributed by atoms with van der Waals surface area (Å²) in [5, 5.41) is 0. The van der Waals surface area contributed by atoms with Gasteiger partial charge in [0.1, 0.15) is 13.2 Å². The van der Waals surface area contributed by atoms with Crippen LogP contribution in [-0.2, 0) is 28.6 Å². The van der Waals surface area contributed by atoms with Crippen molar-refractivity contribution in [3.05, 3.63) is 109 Å². The fourth-order valence-corrected chi connectivity index (χ4v) is 7.86. The van der Waals surface area contributed by atoms with Crippen molar-refractivity contribution in [2.75, 3.05) is 13.2 Å². The molecule has 0 spiro atoms. The maximum Gasteiger partial charge on any atom is 0.306 e. The van der Waals surface area contributed by atoms with Gasteiger partial charge in [0.15, 0.2) is 6.10 Å². The monoisotopic (exact) mass is 985 g/mol. The molecule has 0 amide bonds. The number of esters is 3. The van der Waals surface area contributed by atoms with Crippen molar-refractivity contribution in [3.8, 4) is 0 Å². The summed E-state index contributed by atoms with van der Waals surface area (Å²) in [6.45, 7) is 6.46. The molecule has 0 bridgehead atoms. The van der Waals surface area contributed by atoms with Crippen molar-refractivity contribution < 1.29 is 28.6 Å². The van der Waals surface area contributed by atoms with Gasteiger partial charge in [-0.05, 0) is 116 Å². The lowest BCUT2D eigenvalue weighted by atomic mass is 10.1. The number of carbonyl (C=O) groups is 3. The Bertz CT molecular complexity index is 1460. The van der Waals surface area contributed by atoms with Gasteiger partial charge in [-0.1, -0.05) is 239 Å². The molecule has 1 unspecified atom stereocenters. The fraction of sp³-hybridized carbons (Fsp3) is 0.677. The van der Waals surface area contributed by atoms with Crippen LogP contribution in [0.15, 0.2) is 109 Å². The zero-order valence-electron chi connectivity index (χ0n) is 46.2. The quantitative estimate of drug-likeness (QED) is 0.0199. The molecule has 0 aromatic rings. The van der Waals surface area contributed by atoms with Gasteiger partial charge in [-0.2, -0.15) is 0 Å². The second kappa shape index (κ2) is 58.6. The SMILES string of the molecule is CC/C=C\C/C=C\C/C=C\C/C=C\C/C=C\CCCCCC(=O)OCC(COC(=O)CCCCC/C=C\C=C/CCCCCCCCC)OC(=O)CCCCCCC/C=C\C=C/CCCCCCCCC. The van der Waals surface area contributed by atoms with E-state index in [0.717, 1.165) is 128 Å². The predicted octanol–water partition coefficient (Wildman–Crippen LogP) is 19.9. The summed E-state index contributed by atoms with van der Waals surface area (Å²) in [5.41, 5.74) is 0. The molecule has 0 aromatic heterocycles. The third kappa shape index (κ3) is 56.9. The minimum Gasteiger partial charge on any atom is -0.462 e. The number of hydrogen-bond acceptors (Lipinski definition) is 6. The summed E-state index contributed by atoms with van der Waals surface area (Å²) in [6.07, 6.45) is 79.3. The van der Waals surface area contributed by atoms with Gasteiger partial charge in [-0.15, -0.1) is 0 Å². The second-order valence-corrected chi connectivity index (χ2v) is 19.2. The molecule has 0 saturated heterocycles. The van der Waals surface area contributed by atoms with Crippen LogP contribution in [0.1, 0.15) is 265 Å². The van der Waals surface area contributed by atoms with E-state index in [-0.39, 0.29) is 31.1 Å². The maximum atomic E-state index is 12.9. The molecule has 71 heavy (non-hydrogen) atoms. The average Bonchev–Trinajstić information content (AvgIpc) is 3.37. The van der Waals surface area contributed by atoms with Gasteiger partial charge in [0.2, 0.25) is 0 Å². The van der Waals surface area contributed by atoms with Crippen LogP contribution in [0.2, 0.25) is 0 Å². The van der Waals surface area contributed by atoms with Crippen molar-refractivity contribution in [1.82, 2.24) is 0 Å². The first-order chi connectivity index (χ1) is 35.0. The van der Waals surface area contributed by atoms with E-state index in [1.165, 1.54) is 96.3 Å². The molecule has 0 aliphatic carbocycles. The third-order valence-corrected chi connectivity index (χ3v) is 12.3. The van der Waals surface area contributed by atoms with Crippen LogP contribution < -0.4 is 0 Å². The Morgan fingerprint density at radius 3 is 0.958 bits per heavy atom. The van der Waals surface area contributed by atoms with E-state index in [2.05, 4.69) is 130 Å². The van der Waals surface area contributed by atoms with Gasteiger partial charge in [-0.25, -0.2) is 0 Å². The van der Waals surface area contributed by atoms with Gasteiger partial charge in [-0.3, -0.25) is 14.4 Å². The first-order valence-corrected chi connectivity index (χ1v) is 29.4. The molecular formula is C65H108O6. The minimum atomic E-state index is -0.814. The number of allylic oxidation sites excluding steroid dienone is 18. The zero-order chi connectivity index (χ0) is 51.4. The minimum absolute atomic E-state index is 0.110. The zero-order valence-corrected chi connectivity index (χ0v) is 46.2. The largest absolute Gasteiger partial charge is 0.462 e.